The van der Waals surface area contributed by atoms with E-state index in [2.05, 4.69) is 12.2 Å². The van der Waals surface area contributed by atoms with Crippen molar-refractivity contribution in [3.63, 3.8) is 0 Å². The molecule has 0 spiro atoms. The van der Waals surface area contributed by atoms with Gasteiger partial charge in [0.2, 0.25) is 5.91 Å². The van der Waals surface area contributed by atoms with Crippen molar-refractivity contribution in [3.8, 4) is 0 Å². The number of rotatable bonds is 4. The van der Waals surface area contributed by atoms with Crippen molar-refractivity contribution in [2.45, 2.75) is 32.4 Å². The van der Waals surface area contributed by atoms with Crippen LogP contribution in [-0.4, -0.2) is 30.4 Å². The first-order valence-electron chi connectivity index (χ1n) is 7.56. The van der Waals surface area contributed by atoms with Gasteiger partial charge in [-0.05, 0) is 30.9 Å². The number of anilines is 1. The van der Waals surface area contributed by atoms with Crippen LogP contribution in [0.25, 0.3) is 0 Å². The number of halogens is 3. The van der Waals surface area contributed by atoms with Gasteiger partial charge in [-0.25, -0.2) is 0 Å². The van der Waals surface area contributed by atoms with E-state index in [0.717, 1.165) is 32.0 Å². The van der Waals surface area contributed by atoms with Crippen LogP contribution in [0.2, 0.25) is 0 Å². The van der Waals surface area contributed by atoms with Crippen molar-refractivity contribution in [1.29, 1.82) is 0 Å². The number of benzene rings is 1. The molecule has 1 amide bonds. The molecule has 22 heavy (non-hydrogen) atoms. The van der Waals surface area contributed by atoms with Crippen LogP contribution in [0, 0.1) is 5.92 Å². The Kier molecular flexibility index (Phi) is 5.32. The molecule has 1 aliphatic heterocycles. The Morgan fingerprint density at radius 2 is 1.91 bits per heavy atom. The molecule has 1 aromatic rings. The van der Waals surface area contributed by atoms with Gasteiger partial charge >= 0.3 is 6.18 Å². The van der Waals surface area contributed by atoms with Gasteiger partial charge in [0.25, 0.3) is 0 Å². The fraction of sp³-hybridized carbons (Fsp3) is 0.562. The van der Waals surface area contributed by atoms with Crippen LogP contribution in [0.1, 0.15) is 31.7 Å². The van der Waals surface area contributed by atoms with E-state index in [-0.39, 0.29) is 24.6 Å². The summed E-state index contributed by atoms with van der Waals surface area (Å²) in [5.74, 6) is 0.643. The lowest BCUT2D eigenvalue weighted by Gasteiger charge is -2.30. The fourth-order valence-corrected chi connectivity index (χ4v) is 2.60. The molecular weight excluding hydrogens is 293 g/mol. The highest BCUT2D eigenvalue weighted by Gasteiger charge is 2.33. The first-order chi connectivity index (χ1) is 10.4. The Bertz CT molecular complexity index is 508. The van der Waals surface area contributed by atoms with Gasteiger partial charge in [-0.2, -0.15) is 13.2 Å². The maximum absolute atomic E-state index is 12.8. The van der Waals surface area contributed by atoms with Crippen LogP contribution in [0.3, 0.4) is 0 Å². The highest BCUT2D eigenvalue weighted by atomic mass is 19.4. The lowest BCUT2D eigenvalue weighted by molar-refractivity contribution is -0.137. The highest BCUT2D eigenvalue weighted by molar-refractivity contribution is 5.76. The third kappa shape index (κ3) is 4.39. The molecule has 0 atom stereocenters. The van der Waals surface area contributed by atoms with Crippen LogP contribution in [0.5, 0.6) is 0 Å². The number of nitrogens with one attached hydrogen (secondary N) is 1. The molecule has 0 aliphatic carbocycles. The van der Waals surface area contributed by atoms with Gasteiger partial charge in [0.1, 0.15) is 0 Å². The summed E-state index contributed by atoms with van der Waals surface area (Å²) in [5.41, 5.74) is -0.677. The van der Waals surface area contributed by atoms with Crippen molar-refractivity contribution in [1.82, 2.24) is 4.90 Å². The molecule has 122 valence electrons. The van der Waals surface area contributed by atoms with Gasteiger partial charge in [-0.3, -0.25) is 4.79 Å². The smallest absolute Gasteiger partial charge is 0.384 e. The molecule has 2 rings (SSSR count). The summed E-state index contributed by atoms with van der Waals surface area (Å²) in [4.78, 5) is 13.8. The summed E-state index contributed by atoms with van der Waals surface area (Å²) in [5, 5.41) is 2.73. The van der Waals surface area contributed by atoms with Gasteiger partial charge < -0.3 is 10.2 Å². The second-order valence-electron chi connectivity index (χ2n) is 5.78. The Morgan fingerprint density at radius 1 is 1.27 bits per heavy atom. The average Bonchev–Trinajstić information content (AvgIpc) is 2.47. The fourth-order valence-electron chi connectivity index (χ4n) is 2.60. The van der Waals surface area contributed by atoms with E-state index in [4.69, 9.17) is 0 Å². The highest BCUT2D eigenvalue weighted by Crippen LogP contribution is 2.34. The van der Waals surface area contributed by atoms with Crippen molar-refractivity contribution < 1.29 is 18.0 Å². The molecule has 0 aromatic heterocycles. The minimum absolute atomic E-state index is 0.00360. The van der Waals surface area contributed by atoms with E-state index in [1.165, 1.54) is 12.1 Å². The number of para-hydroxylation sites is 1. The molecule has 1 aromatic carbocycles. The minimum atomic E-state index is -4.39. The number of hydrogen-bond acceptors (Lipinski definition) is 2. The normalized spacial score (nSPS) is 16.6. The molecule has 0 bridgehead atoms. The molecule has 1 N–H and O–H groups in total. The van der Waals surface area contributed by atoms with E-state index >= 15 is 0 Å². The molecule has 1 saturated heterocycles. The topological polar surface area (TPSA) is 32.3 Å². The number of nitrogens with zero attached hydrogens (tertiary/aromatic N) is 1. The van der Waals surface area contributed by atoms with E-state index < -0.39 is 11.7 Å². The number of hydrogen-bond donors (Lipinski definition) is 1. The molecular formula is C16H21F3N2O. The Morgan fingerprint density at radius 3 is 2.55 bits per heavy atom. The zero-order valence-corrected chi connectivity index (χ0v) is 12.6. The molecule has 3 nitrogen and oxygen atoms in total. The predicted molar refractivity (Wildman–Crippen MR) is 79.5 cm³/mol. The van der Waals surface area contributed by atoms with Gasteiger partial charge in [0.15, 0.2) is 0 Å². The van der Waals surface area contributed by atoms with Gasteiger partial charge in [-0.15, -0.1) is 0 Å². The van der Waals surface area contributed by atoms with Gasteiger partial charge in [0, 0.05) is 31.7 Å². The Labute approximate surface area is 128 Å². The number of piperidine rings is 1. The summed E-state index contributed by atoms with van der Waals surface area (Å²) >= 11 is 0. The molecule has 1 heterocycles. The zero-order chi connectivity index (χ0) is 16.2. The molecule has 1 aliphatic rings. The first-order valence-corrected chi connectivity index (χ1v) is 7.56. The van der Waals surface area contributed by atoms with E-state index in [9.17, 15) is 18.0 Å². The predicted octanol–water partition coefficient (Wildman–Crippen LogP) is 3.77. The van der Waals surface area contributed by atoms with Crippen LogP contribution in [0.4, 0.5) is 18.9 Å². The molecule has 0 unspecified atom stereocenters. The summed E-state index contributed by atoms with van der Waals surface area (Å²) in [6, 6.07) is 5.32. The number of alkyl halides is 3. The second-order valence-corrected chi connectivity index (χ2v) is 5.78. The van der Waals surface area contributed by atoms with E-state index in [0.29, 0.717) is 5.92 Å². The first kappa shape index (κ1) is 16.6. The second kappa shape index (κ2) is 7.03. The summed E-state index contributed by atoms with van der Waals surface area (Å²) < 4.78 is 38.5. The average molecular weight is 314 g/mol. The van der Waals surface area contributed by atoms with Crippen molar-refractivity contribution in [3.05, 3.63) is 29.8 Å². The van der Waals surface area contributed by atoms with Crippen LogP contribution < -0.4 is 5.32 Å². The van der Waals surface area contributed by atoms with Crippen molar-refractivity contribution >= 4 is 11.6 Å². The molecule has 0 saturated carbocycles. The number of likely N-dealkylation sites (tertiary alicyclic amines) is 1. The zero-order valence-electron chi connectivity index (χ0n) is 12.6. The number of carbonyl (C=O) groups is 1. The third-order valence-corrected chi connectivity index (χ3v) is 4.02. The number of carbonyl (C=O) groups excluding carboxylic acids is 1. The summed E-state index contributed by atoms with van der Waals surface area (Å²) in [6.07, 6.45) is -2.19. The third-order valence-electron chi connectivity index (χ3n) is 4.02. The lowest BCUT2D eigenvalue weighted by atomic mass is 9.99. The quantitative estimate of drug-likeness (QED) is 0.917. The standard InChI is InChI=1S/C16H21F3N2O/c1-12-7-10-21(11-8-12)15(22)6-9-20-14-5-3-2-4-13(14)16(17,18)19/h2-5,12,20H,6-11H2,1H3. The van der Waals surface area contributed by atoms with Gasteiger partial charge in [-0.1, -0.05) is 19.1 Å². The van der Waals surface area contributed by atoms with Crippen LogP contribution >= 0.6 is 0 Å². The Hall–Kier alpha value is -1.72. The maximum atomic E-state index is 12.8. The van der Waals surface area contributed by atoms with E-state index in [1.807, 2.05) is 0 Å². The van der Waals surface area contributed by atoms with Crippen molar-refractivity contribution in [2.24, 2.45) is 5.92 Å². The summed E-state index contributed by atoms with van der Waals surface area (Å²) in [6.45, 7) is 3.87. The molecule has 6 heteroatoms. The lowest BCUT2D eigenvalue weighted by Crippen LogP contribution is -2.38. The van der Waals surface area contributed by atoms with Crippen molar-refractivity contribution in [2.75, 3.05) is 25.0 Å². The minimum Gasteiger partial charge on any atom is -0.384 e. The molecule has 1 fully saturated rings. The number of amides is 1. The van der Waals surface area contributed by atoms with Crippen LogP contribution in [-0.2, 0) is 11.0 Å². The van der Waals surface area contributed by atoms with E-state index in [1.54, 1.807) is 11.0 Å². The van der Waals surface area contributed by atoms with Crippen LogP contribution in [0.15, 0.2) is 24.3 Å². The largest absolute Gasteiger partial charge is 0.418 e. The Balaban J connectivity index is 1.85. The maximum Gasteiger partial charge on any atom is 0.418 e. The monoisotopic (exact) mass is 314 g/mol. The SMILES string of the molecule is CC1CCN(C(=O)CCNc2ccccc2C(F)(F)F)CC1. The molecule has 0 radical (unpaired) electrons. The van der Waals surface area contributed by atoms with Gasteiger partial charge in [0.05, 0.1) is 5.56 Å². The summed E-state index contributed by atoms with van der Waals surface area (Å²) in [7, 11) is 0.